The van der Waals surface area contributed by atoms with Crippen molar-refractivity contribution in [3.8, 4) is 0 Å². The van der Waals surface area contributed by atoms with Crippen molar-refractivity contribution in [2.45, 2.75) is 30.3 Å². The van der Waals surface area contributed by atoms with Crippen LogP contribution in [0.1, 0.15) is 18.4 Å². The number of carbonyl (C=O) groups excluding carboxylic acids is 1. The van der Waals surface area contributed by atoms with Gasteiger partial charge in [-0.05, 0) is 42.7 Å². The number of urea groups is 1. The van der Waals surface area contributed by atoms with Gasteiger partial charge in [0, 0.05) is 18.3 Å². The van der Waals surface area contributed by atoms with Crippen LogP contribution in [0.3, 0.4) is 0 Å². The number of hydrogen-bond acceptors (Lipinski definition) is 3. The van der Waals surface area contributed by atoms with E-state index in [0.717, 1.165) is 18.4 Å². The summed E-state index contributed by atoms with van der Waals surface area (Å²) in [6, 6.07) is 15.4. The molecule has 1 aliphatic rings. The van der Waals surface area contributed by atoms with Gasteiger partial charge in [0.1, 0.15) is 0 Å². The summed E-state index contributed by atoms with van der Waals surface area (Å²) in [6.45, 7) is 0.150. The highest BCUT2D eigenvalue weighted by Crippen LogP contribution is 2.19. The van der Waals surface area contributed by atoms with Crippen LogP contribution in [0.2, 0.25) is 0 Å². The number of amides is 2. The zero-order chi connectivity index (χ0) is 17.0. The maximum absolute atomic E-state index is 12.2. The lowest BCUT2D eigenvalue weighted by Gasteiger charge is -2.10. The number of nitrogens with one attached hydrogen (secondary N) is 3. The van der Waals surface area contributed by atoms with Crippen molar-refractivity contribution in [1.29, 1.82) is 0 Å². The summed E-state index contributed by atoms with van der Waals surface area (Å²) in [5, 5.41) is 5.59. The normalized spacial score (nSPS) is 14.2. The predicted molar refractivity (Wildman–Crippen MR) is 92.1 cm³/mol. The smallest absolute Gasteiger partial charge is 0.319 e. The quantitative estimate of drug-likeness (QED) is 0.751. The van der Waals surface area contributed by atoms with E-state index in [9.17, 15) is 13.2 Å². The lowest BCUT2D eigenvalue weighted by Crippen LogP contribution is -2.30. The maximum atomic E-state index is 12.2. The molecule has 2 amide bonds. The van der Waals surface area contributed by atoms with Crippen LogP contribution in [0.4, 0.5) is 10.5 Å². The second-order valence-corrected chi connectivity index (χ2v) is 7.48. The summed E-state index contributed by atoms with van der Waals surface area (Å²) in [6.07, 6.45) is 2.05. The van der Waals surface area contributed by atoms with E-state index in [0.29, 0.717) is 5.69 Å². The van der Waals surface area contributed by atoms with Crippen LogP contribution in [-0.2, 0) is 16.6 Å². The largest absolute Gasteiger partial charge is 0.335 e. The molecule has 3 rings (SSSR count). The molecule has 6 nitrogen and oxygen atoms in total. The molecule has 1 saturated carbocycles. The molecule has 0 spiro atoms. The van der Waals surface area contributed by atoms with Crippen molar-refractivity contribution in [3.63, 3.8) is 0 Å². The highest BCUT2D eigenvalue weighted by molar-refractivity contribution is 7.89. The zero-order valence-electron chi connectivity index (χ0n) is 13.0. The Hall–Kier alpha value is -2.38. The van der Waals surface area contributed by atoms with Crippen molar-refractivity contribution in [1.82, 2.24) is 10.0 Å². The first-order valence-electron chi connectivity index (χ1n) is 7.74. The van der Waals surface area contributed by atoms with Gasteiger partial charge in [0.05, 0.1) is 4.90 Å². The molecule has 0 saturated heterocycles. The molecule has 0 atom stereocenters. The average molecular weight is 345 g/mol. The summed E-state index contributed by atoms with van der Waals surface area (Å²) in [7, 11) is -3.55. The maximum Gasteiger partial charge on any atom is 0.319 e. The molecule has 0 aromatic heterocycles. The van der Waals surface area contributed by atoms with E-state index in [2.05, 4.69) is 15.4 Å². The van der Waals surface area contributed by atoms with Crippen molar-refractivity contribution in [2.75, 3.05) is 5.32 Å². The lowest BCUT2D eigenvalue weighted by molar-refractivity contribution is 0.251. The van der Waals surface area contributed by atoms with Crippen molar-refractivity contribution in [3.05, 3.63) is 60.2 Å². The molecular formula is C17H19N3O3S. The van der Waals surface area contributed by atoms with Crippen LogP contribution in [0, 0.1) is 0 Å². The lowest BCUT2D eigenvalue weighted by atomic mass is 10.2. The molecule has 0 radical (unpaired) electrons. The van der Waals surface area contributed by atoms with Crippen molar-refractivity contribution in [2.24, 2.45) is 0 Å². The molecule has 0 bridgehead atoms. The number of sulfonamides is 1. The molecule has 2 aromatic rings. The summed E-state index contributed by atoms with van der Waals surface area (Å²) >= 11 is 0. The van der Waals surface area contributed by atoms with Crippen LogP contribution in [0.5, 0.6) is 0 Å². The van der Waals surface area contributed by atoms with Gasteiger partial charge in [-0.25, -0.2) is 17.9 Å². The van der Waals surface area contributed by atoms with Crippen LogP contribution < -0.4 is 15.4 Å². The van der Waals surface area contributed by atoms with Gasteiger partial charge in [-0.2, -0.15) is 0 Å². The molecule has 0 heterocycles. The minimum absolute atomic E-state index is 0.150. The first kappa shape index (κ1) is 16.5. The molecule has 1 aliphatic carbocycles. The van der Waals surface area contributed by atoms with E-state index >= 15 is 0 Å². The standard InChI is InChI=1S/C17H19N3O3S/c21-17(19-14-9-10-14)20-15-6-4-5-13(11-15)12-18-24(22,23)16-7-2-1-3-8-16/h1-8,11,14,18H,9-10,12H2,(H2,19,20,21). The summed E-state index contributed by atoms with van der Waals surface area (Å²) in [5.74, 6) is 0. The first-order chi connectivity index (χ1) is 11.5. The minimum Gasteiger partial charge on any atom is -0.335 e. The Balaban J connectivity index is 1.61. The van der Waals surface area contributed by atoms with Crippen molar-refractivity contribution < 1.29 is 13.2 Å². The van der Waals surface area contributed by atoms with E-state index in [-0.39, 0.29) is 23.5 Å². The van der Waals surface area contributed by atoms with Gasteiger partial charge >= 0.3 is 6.03 Å². The molecule has 0 unspecified atom stereocenters. The average Bonchev–Trinajstić information content (AvgIpc) is 3.38. The fraction of sp³-hybridized carbons (Fsp3) is 0.235. The Morgan fingerprint density at radius 3 is 2.50 bits per heavy atom. The van der Waals surface area contributed by atoms with E-state index < -0.39 is 10.0 Å². The molecule has 7 heteroatoms. The van der Waals surface area contributed by atoms with E-state index in [1.165, 1.54) is 0 Å². The van der Waals surface area contributed by atoms with Crippen LogP contribution >= 0.6 is 0 Å². The summed E-state index contributed by atoms with van der Waals surface area (Å²) in [5.41, 5.74) is 1.39. The fourth-order valence-corrected chi connectivity index (χ4v) is 3.24. The highest BCUT2D eigenvalue weighted by Gasteiger charge is 2.23. The molecule has 24 heavy (non-hydrogen) atoms. The number of benzene rings is 2. The third-order valence-corrected chi connectivity index (χ3v) is 5.03. The predicted octanol–water partition coefficient (Wildman–Crippen LogP) is 2.45. The Morgan fingerprint density at radius 2 is 1.79 bits per heavy atom. The topological polar surface area (TPSA) is 87.3 Å². The summed E-state index contributed by atoms with van der Waals surface area (Å²) < 4.78 is 27.0. The number of carbonyl (C=O) groups is 1. The van der Waals surface area contributed by atoms with Crippen LogP contribution in [0.25, 0.3) is 0 Å². The number of rotatable bonds is 6. The van der Waals surface area contributed by atoms with Crippen LogP contribution in [0.15, 0.2) is 59.5 Å². The van der Waals surface area contributed by atoms with Gasteiger partial charge in [-0.1, -0.05) is 30.3 Å². The second-order valence-electron chi connectivity index (χ2n) is 5.71. The van der Waals surface area contributed by atoms with Gasteiger partial charge < -0.3 is 10.6 Å². The molecule has 126 valence electrons. The second kappa shape index (κ2) is 7.02. The van der Waals surface area contributed by atoms with Crippen molar-refractivity contribution >= 4 is 21.7 Å². The SMILES string of the molecule is O=C(Nc1cccc(CNS(=O)(=O)c2ccccc2)c1)NC1CC1. The van der Waals surface area contributed by atoms with E-state index in [1.807, 2.05) is 0 Å². The molecule has 2 aromatic carbocycles. The molecule has 0 aliphatic heterocycles. The molecule has 3 N–H and O–H groups in total. The third kappa shape index (κ3) is 4.56. The highest BCUT2D eigenvalue weighted by atomic mass is 32.2. The van der Waals surface area contributed by atoms with Gasteiger partial charge in [0.25, 0.3) is 0 Å². The van der Waals surface area contributed by atoms with Gasteiger partial charge in [-0.15, -0.1) is 0 Å². The van der Waals surface area contributed by atoms with Gasteiger partial charge in [-0.3, -0.25) is 0 Å². The third-order valence-electron chi connectivity index (χ3n) is 3.62. The van der Waals surface area contributed by atoms with Gasteiger partial charge in [0.2, 0.25) is 10.0 Å². The van der Waals surface area contributed by atoms with Gasteiger partial charge in [0.15, 0.2) is 0 Å². The Kier molecular flexibility index (Phi) is 4.82. The first-order valence-corrected chi connectivity index (χ1v) is 9.22. The van der Waals surface area contributed by atoms with Crippen LogP contribution in [-0.4, -0.2) is 20.5 Å². The Labute approximate surface area is 141 Å². The number of hydrogen-bond donors (Lipinski definition) is 3. The fourth-order valence-electron chi connectivity index (χ4n) is 2.20. The zero-order valence-corrected chi connectivity index (χ0v) is 13.8. The van der Waals surface area contributed by atoms with E-state index in [1.54, 1.807) is 54.6 Å². The molecule has 1 fully saturated rings. The summed E-state index contributed by atoms with van der Waals surface area (Å²) in [4.78, 5) is 12.0. The minimum atomic E-state index is -3.55. The molecular weight excluding hydrogens is 326 g/mol. The Morgan fingerprint density at radius 1 is 1.04 bits per heavy atom. The monoisotopic (exact) mass is 345 g/mol. The Bertz CT molecular complexity index is 818. The van der Waals surface area contributed by atoms with E-state index in [4.69, 9.17) is 0 Å². The number of anilines is 1.